The summed E-state index contributed by atoms with van der Waals surface area (Å²) in [6, 6.07) is 18.8. The molecule has 0 spiro atoms. The number of nitrogens with one attached hydrogen (secondary N) is 2. The lowest BCUT2D eigenvalue weighted by Gasteiger charge is -2.25. The van der Waals surface area contributed by atoms with E-state index < -0.39 is 0 Å². The van der Waals surface area contributed by atoms with Gasteiger partial charge in [-0.1, -0.05) is 48.5 Å². The van der Waals surface area contributed by atoms with E-state index in [1.165, 1.54) is 0 Å². The standard InChI is InChI=1S/C23H27N3O4/c1-17(18-8-4-2-5-9-18)26-15-19(14-22(26)28)23(29)25-13-12-24-21(27)16-30-20-10-6-3-7-11-20/h2-11,17,19H,12-16H2,1H3,(H,24,27)(H,25,29). The van der Waals surface area contributed by atoms with Gasteiger partial charge >= 0.3 is 0 Å². The molecule has 1 aliphatic heterocycles. The van der Waals surface area contributed by atoms with Crippen LogP contribution in [0, 0.1) is 5.92 Å². The highest BCUT2D eigenvalue weighted by molar-refractivity contribution is 5.89. The Hall–Kier alpha value is -3.35. The summed E-state index contributed by atoms with van der Waals surface area (Å²) in [7, 11) is 0. The Balaban J connectivity index is 1.36. The molecule has 30 heavy (non-hydrogen) atoms. The van der Waals surface area contributed by atoms with Crippen molar-refractivity contribution in [3.8, 4) is 5.75 Å². The molecule has 1 heterocycles. The number of carbonyl (C=O) groups excluding carboxylic acids is 3. The summed E-state index contributed by atoms with van der Waals surface area (Å²) < 4.78 is 5.37. The summed E-state index contributed by atoms with van der Waals surface area (Å²) in [5, 5.41) is 5.50. The Kier molecular flexibility index (Phi) is 7.43. The third-order valence-electron chi connectivity index (χ3n) is 5.14. The van der Waals surface area contributed by atoms with Gasteiger partial charge in [-0.2, -0.15) is 0 Å². The lowest BCUT2D eigenvalue weighted by atomic mass is 10.1. The first-order valence-corrected chi connectivity index (χ1v) is 10.1. The molecule has 1 saturated heterocycles. The van der Waals surface area contributed by atoms with E-state index in [1.807, 2.05) is 55.5 Å². The molecule has 7 heteroatoms. The van der Waals surface area contributed by atoms with Crippen molar-refractivity contribution in [1.82, 2.24) is 15.5 Å². The normalized spacial score (nSPS) is 16.8. The second-order valence-electron chi connectivity index (χ2n) is 7.28. The second-order valence-corrected chi connectivity index (χ2v) is 7.28. The fourth-order valence-electron chi connectivity index (χ4n) is 3.44. The van der Waals surface area contributed by atoms with Crippen LogP contribution in [-0.4, -0.2) is 48.9 Å². The predicted octanol–water partition coefficient (Wildman–Crippen LogP) is 1.91. The molecule has 1 aliphatic rings. The van der Waals surface area contributed by atoms with Crippen molar-refractivity contribution in [2.45, 2.75) is 19.4 Å². The average Bonchev–Trinajstić information content (AvgIpc) is 3.17. The fraction of sp³-hybridized carbons (Fsp3) is 0.348. The predicted molar refractivity (Wildman–Crippen MR) is 113 cm³/mol. The Morgan fingerprint density at radius 3 is 2.37 bits per heavy atom. The maximum atomic E-state index is 12.4. The number of nitrogens with zero attached hydrogens (tertiary/aromatic N) is 1. The van der Waals surface area contributed by atoms with Gasteiger partial charge in [-0.3, -0.25) is 14.4 Å². The van der Waals surface area contributed by atoms with Gasteiger partial charge in [-0.05, 0) is 24.6 Å². The number of rotatable bonds is 9. The molecule has 2 atom stereocenters. The van der Waals surface area contributed by atoms with Crippen LogP contribution in [0.3, 0.4) is 0 Å². The highest BCUT2D eigenvalue weighted by atomic mass is 16.5. The molecule has 3 amide bonds. The third kappa shape index (κ3) is 5.83. The number of benzene rings is 2. The van der Waals surface area contributed by atoms with E-state index in [-0.39, 0.29) is 42.7 Å². The van der Waals surface area contributed by atoms with Crippen molar-refractivity contribution < 1.29 is 19.1 Å². The Morgan fingerprint density at radius 1 is 1.03 bits per heavy atom. The van der Waals surface area contributed by atoms with Gasteiger partial charge in [0, 0.05) is 26.1 Å². The molecule has 0 aromatic heterocycles. The molecule has 2 aromatic carbocycles. The van der Waals surface area contributed by atoms with Gasteiger partial charge < -0.3 is 20.3 Å². The van der Waals surface area contributed by atoms with E-state index in [0.29, 0.717) is 25.4 Å². The van der Waals surface area contributed by atoms with Crippen LogP contribution in [-0.2, 0) is 14.4 Å². The van der Waals surface area contributed by atoms with Crippen LogP contribution in [0.4, 0.5) is 0 Å². The van der Waals surface area contributed by atoms with Crippen molar-refractivity contribution in [3.63, 3.8) is 0 Å². The number of hydrogen-bond acceptors (Lipinski definition) is 4. The van der Waals surface area contributed by atoms with Crippen molar-refractivity contribution >= 4 is 17.7 Å². The molecule has 158 valence electrons. The van der Waals surface area contributed by atoms with Crippen LogP contribution in [0.25, 0.3) is 0 Å². The molecule has 2 N–H and O–H groups in total. The zero-order valence-corrected chi connectivity index (χ0v) is 17.0. The minimum Gasteiger partial charge on any atom is -0.484 e. The first-order chi connectivity index (χ1) is 14.5. The SMILES string of the molecule is CC(c1ccccc1)N1CC(C(=O)NCCNC(=O)COc2ccccc2)CC1=O. The van der Waals surface area contributed by atoms with E-state index in [2.05, 4.69) is 10.6 Å². The number of ether oxygens (including phenoxy) is 1. The highest BCUT2D eigenvalue weighted by Crippen LogP contribution is 2.28. The van der Waals surface area contributed by atoms with Gasteiger partial charge in [0.05, 0.1) is 12.0 Å². The third-order valence-corrected chi connectivity index (χ3v) is 5.14. The Morgan fingerprint density at radius 2 is 1.67 bits per heavy atom. The monoisotopic (exact) mass is 409 g/mol. The molecule has 0 radical (unpaired) electrons. The molecule has 2 aromatic rings. The summed E-state index contributed by atoms with van der Waals surface area (Å²) in [5.41, 5.74) is 1.05. The molecule has 0 bridgehead atoms. The number of carbonyl (C=O) groups is 3. The largest absolute Gasteiger partial charge is 0.484 e. The number of likely N-dealkylation sites (tertiary alicyclic amines) is 1. The maximum Gasteiger partial charge on any atom is 0.258 e. The fourth-order valence-corrected chi connectivity index (χ4v) is 3.44. The summed E-state index contributed by atoms with van der Waals surface area (Å²) in [6.07, 6.45) is 0.209. The summed E-state index contributed by atoms with van der Waals surface area (Å²) >= 11 is 0. The molecule has 3 rings (SSSR count). The van der Waals surface area contributed by atoms with Gasteiger partial charge in [0.15, 0.2) is 6.61 Å². The maximum absolute atomic E-state index is 12.4. The number of hydrogen-bond donors (Lipinski definition) is 2. The molecule has 0 aliphatic carbocycles. The van der Waals surface area contributed by atoms with E-state index in [1.54, 1.807) is 17.0 Å². The van der Waals surface area contributed by atoms with Crippen LogP contribution >= 0.6 is 0 Å². The van der Waals surface area contributed by atoms with Gasteiger partial charge in [0.25, 0.3) is 5.91 Å². The van der Waals surface area contributed by atoms with E-state index in [9.17, 15) is 14.4 Å². The van der Waals surface area contributed by atoms with Crippen LogP contribution < -0.4 is 15.4 Å². The Bertz CT molecular complexity index is 857. The lowest BCUT2D eigenvalue weighted by Crippen LogP contribution is -2.39. The molecular weight excluding hydrogens is 382 g/mol. The molecule has 0 saturated carbocycles. The quantitative estimate of drug-likeness (QED) is 0.620. The molecule has 2 unspecified atom stereocenters. The average molecular weight is 409 g/mol. The van der Waals surface area contributed by atoms with Crippen LogP contribution in [0.5, 0.6) is 5.75 Å². The smallest absolute Gasteiger partial charge is 0.258 e. The van der Waals surface area contributed by atoms with Gasteiger partial charge in [0.1, 0.15) is 5.75 Å². The van der Waals surface area contributed by atoms with E-state index >= 15 is 0 Å². The topological polar surface area (TPSA) is 87.7 Å². The number of amides is 3. The van der Waals surface area contributed by atoms with Gasteiger partial charge in [-0.25, -0.2) is 0 Å². The van der Waals surface area contributed by atoms with Crippen molar-refractivity contribution in [2.75, 3.05) is 26.2 Å². The summed E-state index contributed by atoms with van der Waals surface area (Å²) in [5.74, 6) is -0.187. The van der Waals surface area contributed by atoms with E-state index in [0.717, 1.165) is 5.56 Å². The van der Waals surface area contributed by atoms with Crippen LogP contribution in [0.2, 0.25) is 0 Å². The first-order valence-electron chi connectivity index (χ1n) is 10.1. The highest BCUT2D eigenvalue weighted by Gasteiger charge is 2.36. The zero-order chi connectivity index (χ0) is 21.3. The summed E-state index contributed by atoms with van der Waals surface area (Å²) in [6.45, 7) is 2.89. The number of para-hydroxylation sites is 1. The minimum atomic E-state index is -0.374. The molecular formula is C23H27N3O4. The molecule has 1 fully saturated rings. The van der Waals surface area contributed by atoms with Crippen LogP contribution in [0.1, 0.15) is 24.9 Å². The Labute approximate surface area is 176 Å². The second kappa shape index (κ2) is 10.4. The minimum absolute atomic E-state index is 0.0159. The van der Waals surface area contributed by atoms with Gasteiger partial charge in [-0.15, -0.1) is 0 Å². The first kappa shape index (κ1) is 21.4. The van der Waals surface area contributed by atoms with Crippen molar-refractivity contribution in [1.29, 1.82) is 0 Å². The van der Waals surface area contributed by atoms with Crippen molar-refractivity contribution in [2.24, 2.45) is 5.92 Å². The molecule has 7 nitrogen and oxygen atoms in total. The zero-order valence-electron chi connectivity index (χ0n) is 17.0. The van der Waals surface area contributed by atoms with Crippen molar-refractivity contribution in [3.05, 3.63) is 66.2 Å². The van der Waals surface area contributed by atoms with Gasteiger partial charge in [0.2, 0.25) is 11.8 Å². The van der Waals surface area contributed by atoms with E-state index in [4.69, 9.17) is 4.74 Å². The van der Waals surface area contributed by atoms with Crippen LogP contribution in [0.15, 0.2) is 60.7 Å². The lowest BCUT2D eigenvalue weighted by molar-refractivity contribution is -0.130. The summed E-state index contributed by atoms with van der Waals surface area (Å²) in [4.78, 5) is 38.4.